The molecule has 0 spiro atoms. The molecule has 0 aliphatic heterocycles. The van der Waals surface area contributed by atoms with Crippen molar-refractivity contribution in [3.8, 4) is 11.9 Å². The average Bonchev–Trinajstić information content (AvgIpc) is 2.84. The third-order valence-electron chi connectivity index (χ3n) is 5.54. The maximum absolute atomic E-state index is 6.14. The molecule has 31 heavy (non-hydrogen) atoms. The number of nitrogens with zero attached hydrogens (tertiary/aromatic N) is 2. The van der Waals surface area contributed by atoms with Crippen LogP contribution in [-0.2, 0) is 17.8 Å². The van der Waals surface area contributed by atoms with Crippen LogP contribution in [0, 0.1) is 0 Å². The fourth-order valence-electron chi connectivity index (χ4n) is 3.89. The summed E-state index contributed by atoms with van der Waals surface area (Å²) in [5, 5.41) is 0. The van der Waals surface area contributed by atoms with E-state index in [1.54, 1.807) is 14.2 Å². The molecule has 1 aliphatic carbocycles. The lowest BCUT2D eigenvalue weighted by molar-refractivity contribution is 0.0359. The number of allylic oxidation sites excluding steroid dienone is 1. The molecule has 1 aliphatic rings. The second kappa shape index (κ2) is 10.2. The molecule has 0 radical (unpaired) electrons. The predicted molar refractivity (Wildman–Crippen MR) is 121 cm³/mol. The highest BCUT2D eigenvalue weighted by atomic mass is 16.5. The lowest BCUT2D eigenvalue weighted by Crippen LogP contribution is -2.17. The highest BCUT2D eigenvalue weighted by Gasteiger charge is 2.23. The van der Waals surface area contributed by atoms with E-state index in [2.05, 4.69) is 35.3 Å². The van der Waals surface area contributed by atoms with Gasteiger partial charge in [-0.25, -0.2) is 0 Å². The first-order chi connectivity index (χ1) is 15.3. The van der Waals surface area contributed by atoms with Crippen LogP contribution in [0.1, 0.15) is 41.6 Å². The molecule has 0 N–H and O–H groups in total. The van der Waals surface area contributed by atoms with Gasteiger partial charge in [0.15, 0.2) is 0 Å². The van der Waals surface area contributed by atoms with E-state index >= 15 is 0 Å². The summed E-state index contributed by atoms with van der Waals surface area (Å²) in [6, 6.07) is 20.9. The molecule has 160 valence electrons. The zero-order valence-corrected chi connectivity index (χ0v) is 18.1. The summed E-state index contributed by atoms with van der Waals surface area (Å²) in [5.41, 5.74) is 5.49. The molecule has 1 heterocycles. The second-order valence-corrected chi connectivity index (χ2v) is 7.63. The Balaban J connectivity index is 1.55. The van der Waals surface area contributed by atoms with Crippen molar-refractivity contribution < 1.29 is 14.2 Å². The number of ether oxygens (including phenoxy) is 3. The number of hydrogen-bond donors (Lipinski definition) is 0. The molecule has 0 saturated heterocycles. The minimum absolute atomic E-state index is 0.215. The summed E-state index contributed by atoms with van der Waals surface area (Å²) in [5.74, 6) is 0.564. The van der Waals surface area contributed by atoms with Gasteiger partial charge in [-0.3, -0.25) is 0 Å². The molecule has 0 bridgehead atoms. The van der Waals surface area contributed by atoms with Crippen LogP contribution in [0.15, 0.2) is 66.7 Å². The smallest absolute Gasteiger partial charge is 0.320 e. The zero-order chi connectivity index (χ0) is 21.5. The fraction of sp³-hybridized carbons (Fsp3) is 0.308. The molecule has 4 rings (SSSR count). The van der Waals surface area contributed by atoms with Crippen LogP contribution in [0.5, 0.6) is 11.9 Å². The van der Waals surface area contributed by atoms with Crippen molar-refractivity contribution >= 4 is 5.57 Å². The van der Waals surface area contributed by atoms with E-state index in [1.807, 2.05) is 36.4 Å². The standard InChI is InChI=1S/C26H28N2O3/c1-29-25-23(17-19-9-5-3-6-10-19)24(27-26(28-25)30-2)21-13-15-22(16-14-21)31-18-20-11-7-4-8-12-20/h3-13,22H,14-18H2,1-2H3/t22-/m1/s1. The molecule has 1 aromatic heterocycles. The van der Waals surface area contributed by atoms with Crippen molar-refractivity contribution in [3.63, 3.8) is 0 Å². The van der Waals surface area contributed by atoms with E-state index in [4.69, 9.17) is 19.2 Å². The molecule has 0 fully saturated rings. The van der Waals surface area contributed by atoms with Crippen molar-refractivity contribution in [2.24, 2.45) is 0 Å². The van der Waals surface area contributed by atoms with E-state index in [-0.39, 0.29) is 6.10 Å². The summed E-state index contributed by atoms with van der Waals surface area (Å²) < 4.78 is 17.1. The first-order valence-electron chi connectivity index (χ1n) is 10.6. The van der Waals surface area contributed by atoms with Crippen molar-refractivity contribution in [3.05, 3.63) is 89.1 Å². The van der Waals surface area contributed by atoms with E-state index in [0.717, 1.165) is 30.5 Å². The normalized spacial score (nSPS) is 15.9. The SMILES string of the molecule is COc1nc(OC)c(Cc2ccccc2)c(C2=CC[C@@H](OCc3ccccc3)CC2)n1. The monoisotopic (exact) mass is 416 g/mol. The molecular formula is C26H28N2O3. The quantitative estimate of drug-likeness (QED) is 0.503. The first kappa shape index (κ1) is 21.1. The summed E-state index contributed by atoms with van der Waals surface area (Å²) in [6.45, 7) is 0.642. The lowest BCUT2D eigenvalue weighted by Gasteiger charge is -2.24. The molecule has 3 aromatic rings. The number of aromatic nitrogens is 2. The van der Waals surface area contributed by atoms with Gasteiger partial charge in [-0.1, -0.05) is 66.7 Å². The molecule has 0 amide bonds. The molecule has 1 atom stereocenters. The number of methoxy groups -OCH3 is 2. The summed E-state index contributed by atoms with van der Waals surface area (Å²) in [6.07, 6.45) is 5.88. The van der Waals surface area contributed by atoms with Crippen LogP contribution in [0.2, 0.25) is 0 Å². The highest BCUT2D eigenvalue weighted by molar-refractivity contribution is 5.68. The van der Waals surface area contributed by atoms with Gasteiger partial charge in [0.1, 0.15) is 0 Å². The van der Waals surface area contributed by atoms with Crippen molar-refractivity contribution in [1.82, 2.24) is 9.97 Å². The van der Waals surface area contributed by atoms with Crippen molar-refractivity contribution in [1.29, 1.82) is 0 Å². The first-order valence-corrected chi connectivity index (χ1v) is 10.6. The van der Waals surface area contributed by atoms with Gasteiger partial charge in [0.05, 0.1) is 32.6 Å². The van der Waals surface area contributed by atoms with E-state index in [9.17, 15) is 0 Å². The average molecular weight is 417 g/mol. The molecule has 0 unspecified atom stereocenters. The Kier molecular flexibility index (Phi) is 6.95. The van der Waals surface area contributed by atoms with Crippen LogP contribution in [-0.4, -0.2) is 30.3 Å². The van der Waals surface area contributed by atoms with Crippen LogP contribution in [0.3, 0.4) is 0 Å². The van der Waals surface area contributed by atoms with Gasteiger partial charge in [0.25, 0.3) is 0 Å². The van der Waals surface area contributed by atoms with Gasteiger partial charge in [-0.15, -0.1) is 0 Å². The minimum atomic E-state index is 0.215. The Morgan fingerprint density at radius 3 is 2.19 bits per heavy atom. The van der Waals surface area contributed by atoms with Gasteiger partial charge in [0, 0.05) is 12.0 Å². The Labute approximate surface area is 183 Å². The highest BCUT2D eigenvalue weighted by Crippen LogP contribution is 2.34. The maximum atomic E-state index is 6.14. The van der Waals surface area contributed by atoms with Gasteiger partial charge >= 0.3 is 6.01 Å². The van der Waals surface area contributed by atoms with Crippen molar-refractivity contribution in [2.45, 2.75) is 38.4 Å². The van der Waals surface area contributed by atoms with Gasteiger partial charge < -0.3 is 14.2 Å². The number of benzene rings is 2. The third kappa shape index (κ3) is 5.30. The minimum Gasteiger partial charge on any atom is -0.481 e. The summed E-state index contributed by atoms with van der Waals surface area (Å²) >= 11 is 0. The largest absolute Gasteiger partial charge is 0.481 e. The molecule has 0 saturated carbocycles. The molecule has 5 nitrogen and oxygen atoms in total. The van der Waals surface area contributed by atoms with E-state index < -0.39 is 0 Å². The summed E-state index contributed by atoms with van der Waals surface area (Å²) in [4.78, 5) is 9.15. The Hall–Kier alpha value is -3.18. The van der Waals surface area contributed by atoms with Crippen molar-refractivity contribution in [2.75, 3.05) is 14.2 Å². The van der Waals surface area contributed by atoms with E-state index in [0.29, 0.717) is 24.9 Å². The lowest BCUT2D eigenvalue weighted by atomic mass is 9.91. The molecule has 5 heteroatoms. The van der Waals surface area contributed by atoms with Crippen LogP contribution in [0.4, 0.5) is 0 Å². The summed E-state index contributed by atoms with van der Waals surface area (Å²) in [7, 11) is 3.22. The predicted octanol–water partition coefficient (Wildman–Crippen LogP) is 5.24. The zero-order valence-electron chi connectivity index (χ0n) is 18.1. The van der Waals surface area contributed by atoms with Gasteiger partial charge in [-0.2, -0.15) is 9.97 Å². The number of hydrogen-bond acceptors (Lipinski definition) is 5. The van der Waals surface area contributed by atoms with Crippen LogP contribution in [0.25, 0.3) is 5.57 Å². The molecule has 2 aromatic carbocycles. The Bertz CT molecular complexity index is 1020. The third-order valence-corrected chi connectivity index (χ3v) is 5.54. The van der Waals surface area contributed by atoms with Gasteiger partial charge in [0.2, 0.25) is 5.88 Å². The Morgan fingerprint density at radius 2 is 1.58 bits per heavy atom. The van der Waals surface area contributed by atoms with Crippen LogP contribution < -0.4 is 9.47 Å². The van der Waals surface area contributed by atoms with Crippen LogP contribution >= 0.6 is 0 Å². The molecular weight excluding hydrogens is 388 g/mol. The number of rotatable bonds is 8. The van der Waals surface area contributed by atoms with E-state index in [1.165, 1.54) is 16.7 Å². The van der Waals surface area contributed by atoms with Gasteiger partial charge in [-0.05, 0) is 36.0 Å². The topological polar surface area (TPSA) is 53.5 Å². The maximum Gasteiger partial charge on any atom is 0.320 e. The fourth-order valence-corrected chi connectivity index (χ4v) is 3.89. The second-order valence-electron chi connectivity index (χ2n) is 7.63. The Morgan fingerprint density at radius 1 is 0.871 bits per heavy atom.